The van der Waals surface area contributed by atoms with Crippen molar-refractivity contribution in [2.45, 2.75) is 5.75 Å². The van der Waals surface area contributed by atoms with Gasteiger partial charge in [-0.15, -0.1) is 0 Å². The van der Waals surface area contributed by atoms with Crippen LogP contribution in [0.2, 0.25) is 15.1 Å². The molecule has 128 valence electrons. The molecule has 0 heterocycles. The first-order chi connectivity index (χ1) is 11.5. The third-order valence-corrected chi connectivity index (χ3v) is 5.04. The van der Waals surface area contributed by atoms with Gasteiger partial charge in [-0.3, -0.25) is 4.79 Å². The first-order valence-electron chi connectivity index (χ1n) is 7.14. The molecule has 0 atom stereocenters. The molecule has 0 aliphatic carbocycles. The Morgan fingerprint density at radius 3 is 2.54 bits per heavy atom. The predicted octanol–water partition coefficient (Wildman–Crippen LogP) is 5.32. The summed E-state index contributed by atoms with van der Waals surface area (Å²) in [5, 5.41) is 4.63. The first kappa shape index (κ1) is 19.3. The van der Waals surface area contributed by atoms with Gasteiger partial charge in [0.15, 0.2) is 0 Å². The smallest absolute Gasteiger partial charge is 0.255 e. The Labute approximate surface area is 160 Å². The van der Waals surface area contributed by atoms with Gasteiger partial charge >= 0.3 is 0 Å². The molecule has 2 aromatic rings. The standard InChI is InChI=1S/C17H16Cl3NO2S/c1-23-16-5-4-12(18)8-14(16)17(22)21-6-7-24-10-11-2-3-13(19)9-15(11)20/h2-5,8-9H,6-7,10H2,1H3,(H,21,22). The van der Waals surface area contributed by atoms with Crippen molar-refractivity contribution in [1.82, 2.24) is 5.32 Å². The average molecular weight is 405 g/mol. The summed E-state index contributed by atoms with van der Waals surface area (Å²) >= 11 is 19.6. The second-order valence-electron chi connectivity index (χ2n) is 4.89. The number of halogens is 3. The summed E-state index contributed by atoms with van der Waals surface area (Å²) in [6.45, 7) is 0.532. The molecule has 3 nitrogen and oxygen atoms in total. The second-order valence-corrected chi connectivity index (χ2v) is 7.27. The van der Waals surface area contributed by atoms with E-state index in [9.17, 15) is 4.79 Å². The fraction of sp³-hybridized carbons (Fsp3) is 0.235. The number of ether oxygens (including phenoxy) is 1. The van der Waals surface area contributed by atoms with E-state index in [2.05, 4.69) is 5.32 Å². The minimum atomic E-state index is -0.209. The van der Waals surface area contributed by atoms with Crippen molar-refractivity contribution in [2.75, 3.05) is 19.4 Å². The van der Waals surface area contributed by atoms with Crippen LogP contribution in [0.5, 0.6) is 5.75 Å². The molecule has 2 rings (SSSR count). The minimum Gasteiger partial charge on any atom is -0.496 e. The number of thioether (sulfide) groups is 1. The van der Waals surface area contributed by atoms with E-state index >= 15 is 0 Å². The van der Waals surface area contributed by atoms with Gasteiger partial charge in [-0.2, -0.15) is 11.8 Å². The summed E-state index contributed by atoms with van der Waals surface area (Å²) in [6.07, 6.45) is 0. The largest absolute Gasteiger partial charge is 0.496 e. The van der Waals surface area contributed by atoms with E-state index < -0.39 is 0 Å². The zero-order chi connectivity index (χ0) is 17.5. The molecular formula is C17H16Cl3NO2S. The molecule has 0 aromatic heterocycles. The van der Waals surface area contributed by atoms with Crippen LogP contribution in [0.4, 0.5) is 0 Å². The molecule has 0 aliphatic rings. The summed E-state index contributed by atoms with van der Waals surface area (Å²) < 4.78 is 5.18. The molecule has 0 radical (unpaired) electrons. The maximum atomic E-state index is 12.2. The highest BCUT2D eigenvalue weighted by Crippen LogP contribution is 2.25. The summed E-state index contributed by atoms with van der Waals surface area (Å²) in [5.74, 6) is 1.80. The number of nitrogens with one attached hydrogen (secondary N) is 1. The van der Waals surface area contributed by atoms with Crippen LogP contribution in [0.3, 0.4) is 0 Å². The number of rotatable bonds is 7. The average Bonchev–Trinajstić information content (AvgIpc) is 2.56. The first-order valence-corrected chi connectivity index (χ1v) is 9.43. The molecule has 0 saturated heterocycles. The zero-order valence-electron chi connectivity index (χ0n) is 12.9. The maximum absolute atomic E-state index is 12.2. The normalized spacial score (nSPS) is 10.5. The van der Waals surface area contributed by atoms with Crippen LogP contribution >= 0.6 is 46.6 Å². The summed E-state index contributed by atoms with van der Waals surface area (Å²) in [6, 6.07) is 10.4. The van der Waals surface area contributed by atoms with Crippen molar-refractivity contribution >= 4 is 52.5 Å². The van der Waals surface area contributed by atoms with Crippen molar-refractivity contribution in [2.24, 2.45) is 0 Å². The van der Waals surface area contributed by atoms with Crippen LogP contribution in [0.25, 0.3) is 0 Å². The van der Waals surface area contributed by atoms with E-state index in [0.29, 0.717) is 32.9 Å². The van der Waals surface area contributed by atoms with Gasteiger partial charge in [-0.25, -0.2) is 0 Å². The van der Waals surface area contributed by atoms with Gasteiger partial charge in [0.05, 0.1) is 12.7 Å². The lowest BCUT2D eigenvalue weighted by Crippen LogP contribution is -2.26. The topological polar surface area (TPSA) is 38.3 Å². The van der Waals surface area contributed by atoms with Crippen LogP contribution in [0.1, 0.15) is 15.9 Å². The second kappa shape index (κ2) is 9.42. The SMILES string of the molecule is COc1ccc(Cl)cc1C(=O)NCCSCc1ccc(Cl)cc1Cl. The quantitative estimate of drug-likeness (QED) is 0.635. The van der Waals surface area contributed by atoms with Crippen LogP contribution in [0.15, 0.2) is 36.4 Å². The van der Waals surface area contributed by atoms with Gasteiger partial charge in [0.2, 0.25) is 0 Å². The molecule has 0 saturated carbocycles. The molecule has 24 heavy (non-hydrogen) atoms. The number of amides is 1. The Balaban J connectivity index is 1.80. The molecule has 1 amide bonds. The van der Waals surface area contributed by atoms with Gasteiger partial charge in [0.1, 0.15) is 5.75 Å². The van der Waals surface area contributed by atoms with Crippen molar-refractivity contribution in [3.63, 3.8) is 0 Å². The summed E-state index contributed by atoms with van der Waals surface area (Å²) in [7, 11) is 1.52. The highest BCUT2D eigenvalue weighted by atomic mass is 35.5. The number of methoxy groups -OCH3 is 1. The summed E-state index contributed by atoms with van der Waals surface area (Å²) in [5.41, 5.74) is 1.45. The van der Waals surface area contributed by atoms with E-state index in [-0.39, 0.29) is 5.91 Å². The van der Waals surface area contributed by atoms with Gasteiger partial charge in [-0.1, -0.05) is 40.9 Å². The third kappa shape index (κ3) is 5.49. The van der Waals surface area contributed by atoms with Crippen LogP contribution in [0, 0.1) is 0 Å². The Morgan fingerprint density at radius 1 is 1.12 bits per heavy atom. The van der Waals surface area contributed by atoms with Gasteiger partial charge in [-0.05, 0) is 35.9 Å². The predicted molar refractivity (Wildman–Crippen MR) is 103 cm³/mol. The van der Waals surface area contributed by atoms with Crippen molar-refractivity contribution < 1.29 is 9.53 Å². The Morgan fingerprint density at radius 2 is 1.83 bits per heavy atom. The van der Waals surface area contributed by atoms with Crippen molar-refractivity contribution in [3.05, 3.63) is 62.6 Å². The number of carbonyl (C=O) groups is 1. The molecule has 0 unspecified atom stereocenters. The molecule has 2 aromatic carbocycles. The lowest BCUT2D eigenvalue weighted by molar-refractivity contribution is 0.0953. The van der Waals surface area contributed by atoms with E-state index in [0.717, 1.165) is 17.1 Å². The van der Waals surface area contributed by atoms with Crippen LogP contribution < -0.4 is 10.1 Å². The summed E-state index contributed by atoms with van der Waals surface area (Å²) in [4.78, 5) is 12.2. The van der Waals surface area contributed by atoms with E-state index in [1.165, 1.54) is 7.11 Å². The monoisotopic (exact) mass is 403 g/mol. The van der Waals surface area contributed by atoms with Gasteiger partial charge in [0, 0.05) is 33.1 Å². The molecule has 0 aliphatic heterocycles. The minimum absolute atomic E-state index is 0.209. The van der Waals surface area contributed by atoms with Crippen molar-refractivity contribution in [1.29, 1.82) is 0 Å². The Bertz CT molecular complexity index is 725. The molecule has 0 spiro atoms. The molecule has 1 N–H and O–H groups in total. The fourth-order valence-corrected chi connectivity index (χ4v) is 3.60. The third-order valence-electron chi connectivity index (χ3n) is 3.21. The van der Waals surface area contributed by atoms with Crippen LogP contribution in [-0.4, -0.2) is 25.3 Å². The van der Waals surface area contributed by atoms with Crippen molar-refractivity contribution in [3.8, 4) is 5.75 Å². The highest BCUT2D eigenvalue weighted by Gasteiger charge is 2.12. The van der Waals surface area contributed by atoms with E-state index in [1.807, 2.05) is 12.1 Å². The number of carbonyl (C=O) groups excluding carboxylic acids is 1. The molecule has 7 heteroatoms. The zero-order valence-corrected chi connectivity index (χ0v) is 16.0. The maximum Gasteiger partial charge on any atom is 0.255 e. The lowest BCUT2D eigenvalue weighted by atomic mass is 10.2. The van der Waals surface area contributed by atoms with E-state index in [1.54, 1.807) is 36.0 Å². The van der Waals surface area contributed by atoms with Gasteiger partial charge in [0.25, 0.3) is 5.91 Å². The number of benzene rings is 2. The van der Waals surface area contributed by atoms with E-state index in [4.69, 9.17) is 39.5 Å². The molecule has 0 fully saturated rings. The Kier molecular flexibility index (Phi) is 7.56. The molecular weight excluding hydrogens is 389 g/mol. The Hall–Kier alpha value is -1.07. The number of hydrogen-bond acceptors (Lipinski definition) is 3. The van der Waals surface area contributed by atoms with Crippen LogP contribution in [-0.2, 0) is 5.75 Å². The highest BCUT2D eigenvalue weighted by molar-refractivity contribution is 7.98. The lowest BCUT2D eigenvalue weighted by Gasteiger charge is -2.10. The van der Waals surface area contributed by atoms with Gasteiger partial charge < -0.3 is 10.1 Å². The fourth-order valence-electron chi connectivity index (χ4n) is 2.01. The molecule has 0 bridgehead atoms. The number of hydrogen-bond donors (Lipinski definition) is 1.